The molecule has 36 heavy (non-hydrogen) atoms. The summed E-state index contributed by atoms with van der Waals surface area (Å²) in [6.07, 6.45) is 13.8. The van der Waals surface area contributed by atoms with Gasteiger partial charge in [-0.15, -0.1) is 0 Å². The molecular formula is C31H33NO4. The highest BCUT2D eigenvalue weighted by Gasteiger charge is 2.23. The lowest BCUT2D eigenvalue weighted by atomic mass is 9.84. The van der Waals surface area contributed by atoms with E-state index in [-0.39, 0.29) is 22.8 Å². The fourth-order valence-electron chi connectivity index (χ4n) is 4.57. The zero-order valence-corrected chi connectivity index (χ0v) is 21.3. The third kappa shape index (κ3) is 5.68. The van der Waals surface area contributed by atoms with Gasteiger partial charge in [-0.05, 0) is 73.6 Å². The number of nitro groups is 1. The minimum absolute atomic E-state index is 0.0707. The van der Waals surface area contributed by atoms with Crippen molar-refractivity contribution in [1.29, 1.82) is 0 Å². The predicted octanol–water partition coefficient (Wildman–Crippen LogP) is 8.04. The molecule has 5 nitrogen and oxygen atoms in total. The number of aryl methyl sites for hydroxylation is 1. The van der Waals surface area contributed by atoms with Crippen molar-refractivity contribution in [1.82, 2.24) is 0 Å². The van der Waals surface area contributed by atoms with Crippen LogP contribution in [0.15, 0.2) is 96.3 Å². The highest BCUT2D eigenvalue weighted by atomic mass is 16.6. The van der Waals surface area contributed by atoms with Gasteiger partial charge in [0.1, 0.15) is 18.0 Å². The average Bonchev–Trinajstić information content (AvgIpc) is 2.87. The molecule has 0 saturated carbocycles. The van der Waals surface area contributed by atoms with Gasteiger partial charge in [0, 0.05) is 17.2 Å². The lowest BCUT2D eigenvalue weighted by molar-refractivity contribution is -0.385. The van der Waals surface area contributed by atoms with Crippen LogP contribution >= 0.6 is 0 Å². The second-order valence-corrected chi connectivity index (χ2v) is 9.69. The van der Waals surface area contributed by atoms with Gasteiger partial charge in [0.2, 0.25) is 0 Å². The minimum atomic E-state index is -0.362. The first-order valence-corrected chi connectivity index (χ1v) is 12.4. The molecule has 0 atom stereocenters. The maximum Gasteiger partial charge on any atom is 0.276 e. The maximum atomic E-state index is 11.5. The fraction of sp³-hybridized carbons (Fsp3) is 0.290. The largest absolute Gasteiger partial charge is 0.491 e. The van der Waals surface area contributed by atoms with E-state index in [1.54, 1.807) is 18.2 Å². The Morgan fingerprint density at radius 3 is 2.69 bits per heavy atom. The van der Waals surface area contributed by atoms with E-state index >= 15 is 0 Å². The van der Waals surface area contributed by atoms with Gasteiger partial charge >= 0.3 is 0 Å². The van der Waals surface area contributed by atoms with Crippen LogP contribution in [0.4, 0.5) is 5.69 Å². The van der Waals surface area contributed by atoms with Gasteiger partial charge in [0.05, 0.1) is 16.7 Å². The molecule has 2 aliphatic rings. The quantitative estimate of drug-likeness (QED) is 0.267. The van der Waals surface area contributed by atoms with Gasteiger partial charge in [0.15, 0.2) is 0 Å². The summed E-state index contributed by atoms with van der Waals surface area (Å²) in [6, 6.07) is 13.1. The van der Waals surface area contributed by atoms with Crippen molar-refractivity contribution in [2.24, 2.45) is 0 Å². The van der Waals surface area contributed by atoms with Crippen LogP contribution in [-0.4, -0.2) is 10.5 Å². The molecule has 0 saturated heterocycles. The normalized spacial score (nSPS) is 16.6. The zero-order valence-electron chi connectivity index (χ0n) is 21.3. The summed E-state index contributed by atoms with van der Waals surface area (Å²) in [7, 11) is 0. The highest BCUT2D eigenvalue weighted by Crippen LogP contribution is 2.40. The Morgan fingerprint density at radius 1 is 1.19 bits per heavy atom. The number of hydrogen-bond donors (Lipinski definition) is 0. The molecule has 4 rings (SSSR count). The van der Waals surface area contributed by atoms with Gasteiger partial charge in [0.25, 0.3) is 5.69 Å². The summed E-state index contributed by atoms with van der Waals surface area (Å²) < 4.78 is 12.1. The van der Waals surface area contributed by atoms with Crippen molar-refractivity contribution in [2.75, 3.05) is 0 Å². The molecule has 0 amide bonds. The maximum absolute atomic E-state index is 11.5. The molecule has 0 bridgehead atoms. The molecule has 0 N–H and O–H groups in total. The zero-order chi connectivity index (χ0) is 25.7. The summed E-state index contributed by atoms with van der Waals surface area (Å²) in [4.78, 5) is 11.1. The van der Waals surface area contributed by atoms with Gasteiger partial charge in [-0.25, -0.2) is 0 Å². The van der Waals surface area contributed by atoms with Crippen LogP contribution in [0.25, 0.3) is 5.57 Å². The predicted molar refractivity (Wildman–Crippen MR) is 145 cm³/mol. The number of nitrogens with zero attached hydrogens (tertiary/aromatic N) is 1. The number of hydrogen-bond acceptors (Lipinski definition) is 4. The number of benzene rings is 2. The second-order valence-electron chi connectivity index (χ2n) is 9.69. The van der Waals surface area contributed by atoms with Crippen molar-refractivity contribution in [3.05, 3.63) is 123 Å². The topological polar surface area (TPSA) is 61.6 Å². The van der Waals surface area contributed by atoms with Crippen LogP contribution in [0, 0.1) is 10.1 Å². The fourth-order valence-corrected chi connectivity index (χ4v) is 4.57. The van der Waals surface area contributed by atoms with Crippen molar-refractivity contribution < 1.29 is 14.4 Å². The van der Waals surface area contributed by atoms with Gasteiger partial charge in [-0.3, -0.25) is 10.1 Å². The van der Waals surface area contributed by atoms with Crippen LogP contribution < -0.4 is 4.74 Å². The van der Waals surface area contributed by atoms with Crippen molar-refractivity contribution in [2.45, 2.75) is 58.7 Å². The molecule has 186 valence electrons. The summed E-state index contributed by atoms with van der Waals surface area (Å²) in [5.41, 5.74) is 7.05. The average molecular weight is 484 g/mol. The van der Waals surface area contributed by atoms with Crippen molar-refractivity contribution >= 4 is 11.3 Å². The van der Waals surface area contributed by atoms with Crippen LogP contribution in [0.3, 0.4) is 0 Å². The Morgan fingerprint density at radius 2 is 2.00 bits per heavy atom. The van der Waals surface area contributed by atoms with E-state index in [2.05, 4.69) is 49.9 Å². The molecule has 0 fully saturated rings. The Bertz CT molecular complexity index is 1290. The molecular weight excluding hydrogens is 450 g/mol. The Labute approximate surface area is 213 Å². The molecule has 2 aromatic rings. The van der Waals surface area contributed by atoms with Crippen LogP contribution in [-0.2, 0) is 17.8 Å². The Kier molecular flexibility index (Phi) is 7.58. The number of allylic oxidation sites excluding steroid dienone is 7. The third-order valence-corrected chi connectivity index (χ3v) is 6.55. The van der Waals surface area contributed by atoms with Crippen LogP contribution in [0.5, 0.6) is 5.75 Å². The SMILES string of the molecule is C=CC1=C(C2=COC(C)(C)C=C2)CCC(c2ccc(CCC)cc2OCc2ccccc2[N+](=O)[O-])=C1. The first-order chi connectivity index (χ1) is 17.3. The van der Waals surface area contributed by atoms with E-state index in [1.807, 2.05) is 26.2 Å². The van der Waals surface area contributed by atoms with E-state index in [9.17, 15) is 10.1 Å². The third-order valence-electron chi connectivity index (χ3n) is 6.55. The highest BCUT2D eigenvalue weighted by molar-refractivity contribution is 5.76. The summed E-state index contributed by atoms with van der Waals surface area (Å²) in [5.74, 6) is 0.749. The number of para-hydroxylation sites is 1. The monoisotopic (exact) mass is 483 g/mol. The molecule has 1 heterocycles. The van der Waals surface area contributed by atoms with E-state index in [4.69, 9.17) is 9.47 Å². The molecule has 5 heteroatoms. The molecule has 1 aliphatic heterocycles. The molecule has 2 aromatic carbocycles. The van der Waals surface area contributed by atoms with E-state index < -0.39 is 0 Å². The number of ether oxygens (including phenoxy) is 2. The van der Waals surface area contributed by atoms with Gasteiger partial charge < -0.3 is 9.47 Å². The Hall–Kier alpha value is -3.86. The summed E-state index contributed by atoms with van der Waals surface area (Å²) in [6.45, 7) is 10.4. The first kappa shape index (κ1) is 25.2. The van der Waals surface area contributed by atoms with Crippen molar-refractivity contribution in [3.63, 3.8) is 0 Å². The number of rotatable bonds is 9. The van der Waals surface area contributed by atoms with E-state index in [0.717, 1.165) is 53.7 Å². The van der Waals surface area contributed by atoms with Gasteiger partial charge in [-0.1, -0.05) is 62.4 Å². The summed E-state index contributed by atoms with van der Waals surface area (Å²) >= 11 is 0. The van der Waals surface area contributed by atoms with E-state index in [1.165, 1.54) is 17.2 Å². The molecule has 0 aromatic heterocycles. The standard InChI is InChI=1S/C31H33NO4/c1-5-9-22-12-14-28(30(18-22)35-20-26-10-7-8-11-29(26)32(33)34)24-13-15-27(23(6-2)19-24)25-16-17-31(3,4)36-21-25/h6-8,10-12,14,16-19,21H,2,5,9,13,15,20H2,1,3-4H3. The molecule has 0 unspecified atom stereocenters. The van der Waals surface area contributed by atoms with E-state index in [0.29, 0.717) is 5.56 Å². The Balaban J connectivity index is 1.67. The number of nitro benzene ring substituents is 1. The first-order valence-electron chi connectivity index (χ1n) is 12.4. The molecule has 1 aliphatic carbocycles. The molecule has 0 spiro atoms. The molecule has 0 radical (unpaired) electrons. The second kappa shape index (κ2) is 10.8. The lowest BCUT2D eigenvalue weighted by Crippen LogP contribution is -2.21. The van der Waals surface area contributed by atoms with Gasteiger partial charge in [-0.2, -0.15) is 0 Å². The van der Waals surface area contributed by atoms with Crippen LogP contribution in [0.1, 0.15) is 56.7 Å². The minimum Gasteiger partial charge on any atom is -0.491 e. The van der Waals surface area contributed by atoms with Crippen LogP contribution in [0.2, 0.25) is 0 Å². The van der Waals surface area contributed by atoms with Crippen molar-refractivity contribution in [3.8, 4) is 5.75 Å². The smallest absolute Gasteiger partial charge is 0.276 e. The summed E-state index contributed by atoms with van der Waals surface area (Å²) in [5, 5.41) is 11.5. The lowest BCUT2D eigenvalue weighted by Gasteiger charge is -2.27.